The molecule has 142 valence electrons. The molecule has 1 heterocycles. The number of benzene rings is 2. The minimum atomic E-state index is -0.257. The fourth-order valence-corrected chi connectivity index (χ4v) is 3.12. The number of hydrogen-bond donors (Lipinski definition) is 1. The predicted octanol–water partition coefficient (Wildman–Crippen LogP) is 4.30. The van der Waals surface area contributed by atoms with Crippen LogP contribution in [0.3, 0.4) is 0 Å². The zero-order valence-corrected chi connectivity index (χ0v) is 16.3. The fraction of sp³-hybridized carbons (Fsp3) is 0.364. The molecule has 3 rings (SSSR count). The molecule has 0 saturated heterocycles. The second-order valence-electron chi connectivity index (χ2n) is 7.18. The maximum atomic E-state index is 14.2. The van der Waals surface area contributed by atoms with Crippen LogP contribution in [-0.4, -0.2) is 21.5 Å². The van der Waals surface area contributed by atoms with E-state index in [1.165, 1.54) is 6.07 Å². The van der Waals surface area contributed by atoms with Crippen LogP contribution in [0.1, 0.15) is 42.8 Å². The Balaban J connectivity index is 2.03. The number of carbonyl (C=O) groups excluding carboxylic acids is 1. The van der Waals surface area contributed by atoms with Gasteiger partial charge in [-0.05, 0) is 62.1 Å². The minimum absolute atomic E-state index is 0.0586. The highest BCUT2D eigenvalue weighted by Gasteiger charge is 2.17. The second kappa shape index (κ2) is 7.91. The highest BCUT2D eigenvalue weighted by molar-refractivity contribution is 5.82. The van der Waals surface area contributed by atoms with Crippen LogP contribution in [0.15, 0.2) is 36.4 Å². The lowest BCUT2D eigenvalue weighted by molar-refractivity contribution is -0.122. The summed E-state index contributed by atoms with van der Waals surface area (Å²) < 4.78 is 16.1. The largest absolute Gasteiger partial charge is 0.352 e. The van der Waals surface area contributed by atoms with E-state index in [2.05, 4.69) is 11.4 Å². The molecule has 0 spiro atoms. The summed E-state index contributed by atoms with van der Waals surface area (Å²) in [6.45, 7) is 8.28. The number of fused-ring (bicyclic) bond motifs is 1. The smallest absolute Gasteiger partial charge is 0.240 e. The van der Waals surface area contributed by atoms with Gasteiger partial charge in [-0.1, -0.05) is 25.1 Å². The molecule has 0 aliphatic rings. The molecule has 4 nitrogen and oxygen atoms in total. The van der Waals surface area contributed by atoms with Crippen molar-refractivity contribution in [2.24, 2.45) is 0 Å². The van der Waals surface area contributed by atoms with E-state index in [9.17, 15) is 9.18 Å². The number of hydrogen-bond acceptors (Lipinski definition) is 2. The normalized spacial score (nSPS) is 12.3. The van der Waals surface area contributed by atoms with Crippen molar-refractivity contribution in [3.05, 3.63) is 64.7 Å². The van der Waals surface area contributed by atoms with Gasteiger partial charge in [0.1, 0.15) is 18.2 Å². The number of nitrogens with one attached hydrogen (secondary N) is 1. The number of amides is 1. The number of aromatic nitrogens is 2. The average Bonchev–Trinajstić information content (AvgIpc) is 2.93. The lowest BCUT2D eigenvalue weighted by Crippen LogP contribution is -2.35. The van der Waals surface area contributed by atoms with E-state index in [0.29, 0.717) is 17.8 Å². The molecular formula is C22H26FN3O. The van der Waals surface area contributed by atoms with E-state index in [4.69, 9.17) is 4.98 Å². The fourth-order valence-electron chi connectivity index (χ4n) is 3.12. The molecule has 0 aliphatic heterocycles. The lowest BCUT2D eigenvalue weighted by Gasteiger charge is -2.14. The van der Waals surface area contributed by atoms with E-state index in [1.54, 1.807) is 12.1 Å². The number of halogens is 1. The summed E-state index contributed by atoms with van der Waals surface area (Å²) >= 11 is 0. The van der Waals surface area contributed by atoms with Crippen LogP contribution in [0.2, 0.25) is 0 Å². The van der Waals surface area contributed by atoms with Crippen molar-refractivity contribution in [1.29, 1.82) is 0 Å². The van der Waals surface area contributed by atoms with E-state index < -0.39 is 0 Å². The zero-order valence-electron chi connectivity index (χ0n) is 16.3. The third-order valence-corrected chi connectivity index (χ3v) is 5.07. The topological polar surface area (TPSA) is 46.9 Å². The van der Waals surface area contributed by atoms with E-state index in [-0.39, 0.29) is 24.3 Å². The first-order chi connectivity index (χ1) is 12.9. The summed E-state index contributed by atoms with van der Waals surface area (Å²) in [5.41, 5.74) is 4.60. The second-order valence-corrected chi connectivity index (χ2v) is 7.18. The summed E-state index contributed by atoms with van der Waals surface area (Å²) in [7, 11) is 0. The molecule has 27 heavy (non-hydrogen) atoms. The average molecular weight is 367 g/mol. The molecule has 1 aromatic heterocycles. The van der Waals surface area contributed by atoms with Crippen LogP contribution in [0.25, 0.3) is 11.0 Å². The van der Waals surface area contributed by atoms with E-state index >= 15 is 0 Å². The van der Waals surface area contributed by atoms with Crippen molar-refractivity contribution in [2.75, 3.05) is 0 Å². The monoisotopic (exact) mass is 367 g/mol. The molecule has 0 aliphatic carbocycles. The Labute approximate surface area is 159 Å². The molecule has 0 bridgehead atoms. The summed E-state index contributed by atoms with van der Waals surface area (Å²) in [6, 6.07) is 10.9. The Morgan fingerprint density at radius 2 is 1.93 bits per heavy atom. The number of carbonyl (C=O) groups is 1. The highest BCUT2D eigenvalue weighted by atomic mass is 19.1. The van der Waals surface area contributed by atoms with Crippen molar-refractivity contribution in [1.82, 2.24) is 14.9 Å². The summed E-state index contributed by atoms with van der Waals surface area (Å²) in [6.07, 6.45) is 1.22. The van der Waals surface area contributed by atoms with E-state index in [0.717, 1.165) is 28.6 Å². The van der Waals surface area contributed by atoms with Crippen LogP contribution < -0.4 is 5.32 Å². The maximum absolute atomic E-state index is 14.2. The Morgan fingerprint density at radius 3 is 2.63 bits per heavy atom. The van der Waals surface area contributed by atoms with E-state index in [1.807, 2.05) is 44.4 Å². The molecular weight excluding hydrogens is 341 g/mol. The first-order valence-electron chi connectivity index (χ1n) is 9.38. The molecule has 3 aromatic rings. The van der Waals surface area contributed by atoms with Gasteiger partial charge in [0.25, 0.3) is 0 Å². The van der Waals surface area contributed by atoms with Gasteiger partial charge in [-0.15, -0.1) is 0 Å². The van der Waals surface area contributed by atoms with Gasteiger partial charge in [-0.25, -0.2) is 9.37 Å². The molecule has 1 atom stereocenters. The molecule has 1 unspecified atom stereocenters. The molecule has 5 heteroatoms. The number of rotatable bonds is 6. The SMILES string of the molecule is CCC(C)NC(=O)Cn1c(Cc2ccccc2F)nc2cc(C)c(C)cc21. The van der Waals surface area contributed by atoms with Crippen molar-refractivity contribution in [2.45, 2.75) is 53.1 Å². The zero-order chi connectivity index (χ0) is 19.6. The predicted molar refractivity (Wildman–Crippen MR) is 106 cm³/mol. The van der Waals surface area contributed by atoms with Gasteiger partial charge in [0.15, 0.2) is 0 Å². The van der Waals surface area contributed by atoms with Crippen molar-refractivity contribution < 1.29 is 9.18 Å². The van der Waals surface area contributed by atoms with Crippen LogP contribution in [0.4, 0.5) is 4.39 Å². The quantitative estimate of drug-likeness (QED) is 0.706. The molecule has 1 amide bonds. The molecule has 0 fully saturated rings. The van der Waals surface area contributed by atoms with Crippen LogP contribution in [0, 0.1) is 19.7 Å². The molecule has 1 N–H and O–H groups in total. The minimum Gasteiger partial charge on any atom is -0.352 e. The van der Waals surface area contributed by atoms with Crippen molar-refractivity contribution in [3.63, 3.8) is 0 Å². The van der Waals surface area contributed by atoms with Gasteiger partial charge >= 0.3 is 0 Å². The van der Waals surface area contributed by atoms with Gasteiger partial charge < -0.3 is 9.88 Å². The Hall–Kier alpha value is -2.69. The van der Waals surface area contributed by atoms with Gasteiger partial charge in [0.05, 0.1) is 11.0 Å². The van der Waals surface area contributed by atoms with Crippen molar-refractivity contribution in [3.8, 4) is 0 Å². The summed E-state index contributed by atoms with van der Waals surface area (Å²) in [5.74, 6) is 0.378. The standard InChI is InChI=1S/C22H26FN3O/c1-5-16(4)24-22(27)13-26-20-11-15(3)14(2)10-19(20)25-21(26)12-17-8-6-7-9-18(17)23/h6-11,16H,5,12-13H2,1-4H3,(H,24,27). The summed E-state index contributed by atoms with van der Waals surface area (Å²) in [5, 5.41) is 3.00. The maximum Gasteiger partial charge on any atom is 0.240 e. The highest BCUT2D eigenvalue weighted by Crippen LogP contribution is 2.23. The Bertz CT molecular complexity index is 977. The van der Waals surface area contributed by atoms with Crippen LogP contribution >= 0.6 is 0 Å². The third kappa shape index (κ3) is 4.18. The first kappa shape index (κ1) is 19.1. The Kier molecular flexibility index (Phi) is 5.59. The third-order valence-electron chi connectivity index (χ3n) is 5.07. The van der Waals surface area contributed by atoms with Crippen LogP contribution in [-0.2, 0) is 17.8 Å². The molecule has 2 aromatic carbocycles. The Morgan fingerprint density at radius 1 is 1.22 bits per heavy atom. The first-order valence-corrected chi connectivity index (χ1v) is 9.38. The van der Waals surface area contributed by atoms with Gasteiger partial charge in [-0.3, -0.25) is 4.79 Å². The van der Waals surface area contributed by atoms with Gasteiger partial charge in [0.2, 0.25) is 5.91 Å². The van der Waals surface area contributed by atoms with Gasteiger partial charge in [0, 0.05) is 12.5 Å². The van der Waals surface area contributed by atoms with Crippen molar-refractivity contribution >= 4 is 16.9 Å². The van der Waals surface area contributed by atoms with Gasteiger partial charge in [-0.2, -0.15) is 0 Å². The number of aryl methyl sites for hydroxylation is 2. The molecule has 0 saturated carbocycles. The summed E-state index contributed by atoms with van der Waals surface area (Å²) in [4.78, 5) is 17.2. The molecule has 0 radical (unpaired) electrons. The lowest BCUT2D eigenvalue weighted by atomic mass is 10.1. The number of nitrogens with zero attached hydrogens (tertiary/aromatic N) is 2. The number of imidazole rings is 1. The van der Waals surface area contributed by atoms with Crippen LogP contribution in [0.5, 0.6) is 0 Å².